The van der Waals surface area contributed by atoms with Gasteiger partial charge >= 0.3 is 5.97 Å². The van der Waals surface area contributed by atoms with Crippen molar-refractivity contribution in [3.05, 3.63) is 71.8 Å². The summed E-state index contributed by atoms with van der Waals surface area (Å²) in [6, 6.07) is 18.3. The van der Waals surface area contributed by atoms with Crippen LogP contribution in [0.5, 0.6) is 0 Å². The van der Waals surface area contributed by atoms with Gasteiger partial charge in [-0.2, -0.15) is 0 Å². The van der Waals surface area contributed by atoms with Gasteiger partial charge in [0.1, 0.15) is 6.10 Å². The van der Waals surface area contributed by atoms with Crippen LogP contribution >= 0.6 is 0 Å². The van der Waals surface area contributed by atoms with Crippen LogP contribution in [0, 0.1) is 0 Å². The van der Waals surface area contributed by atoms with Crippen molar-refractivity contribution in [1.82, 2.24) is 5.32 Å². The van der Waals surface area contributed by atoms with E-state index in [2.05, 4.69) is 5.32 Å². The maximum atomic E-state index is 12.4. The van der Waals surface area contributed by atoms with Crippen molar-refractivity contribution in [2.24, 2.45) is 0 Å². The van der Waals surface area contributed by atoms with E-state index >= 15 is 0 Å². The molecule has 2 aromatic rings. The van der Waals surface area contributed by atoms with Crippen LogP contribution in [0.4, 0.5) is 0 Å². The minimum atomic E-state index is -0.805. The van der Waals surface area contributed by atoms with E-state index in [1.807, 2.05) is 48.5 Å². The molecule has 2 rings (SSSR count). The number of carbonyl (C=O) groups excluding carboxylic acids is 2. The van der Waals surface area contributed by atoms with Crippen LogP contribution < -0.4 is 5.32 Å². The molecule has 2 unspecified atom stereocenters. The first-order valence-corrected chi connectivity index (χ1v) is 8.70. The Labute approximate surface area is 159 Å². The molecule has 0 aliphatic heterocycles. The molecule has 6 nitrogen and oxygen atoms in total. The van der Waals surface area contributed by atoms with E-state index in [4.69, 9.17) is 14.2 Å². The molecule has 2 aromatic carbocycles. The van der Waals surface area contributed by atoms with E-state index in [-0.39, 0.29) is 12.5 Å². The lowest BCUT2D eigenvalue weighted by molar-refractivity contribution is -0.161. The number of hydrogen-bond acceptors (Lipinski definition) is 5. The molecule has 6 heteroatoms. The fourth-order valence-electron chi connectivity index (χ4n) is 2.66. The summed E-state index contributed by atoms with van der Waals surface area (Å²) in [5.41, 5.74) is 1.47. The third kappa shape index (κ3) is 5.91. The molecule has 1 amide bonds. The van der Waals surface area contributed by atoms with E-state index in [9.17, 15) is 9.59 Å². The summed E-state index contributed by atoms with van der Waals surface area (Å²) >= 11 is 0. The highest BCUT2D eigenvalue weighted by Gasteiger charge is 2.25. The summed E-state index contributed by atoms with van der Waals surface area (Å²) < 4.78 is 15.9. The number of methoxy groups -OCH3 is 2. The predicted octanol–water partition coefficient (Wildman–Crippen LogP) is 2.81. The smallest absolute Gasteiger partial charge is 0.340 e. The first kappa shape index (κ1) is 20.6. The normalized spacial score (nSPS) is 14.0. The Morgan fingerprint density at radius 3 is 1.81 bits per heavy atom. The second-order valence-electron chi connectivity index (χ2n) is 6.05. The van der Waals surface area contributed by atoms with Crippen LogP contribution in [0.1, 0.15) is 30.3 Å². The molecule has 0 aromatic heterocycles. The van der Waals surface area contributed by atoms with Gasteiger partial charge in [0.2, 0.25) is 0 Å². The highest BCUT2D eigenvalue weighted by molar-refractivity contribution is 5.82. The lowest BCUT2D eigenvalue weighted by Gasteiger charge is -2.20. The van der Waals surface area contributed by atoms with Gasteiger partial charge in [0.15, 0.2) is 12.2 Å². The Kier molecular flexibility index (Phi) is 7.98. The molecule has 0 aliphatic carbocycles. The van der Waals surface area contributed by atoms with Gasteiger partial charge in [-0.1, -0.05) is 60.7 Å². The van der Waals surface area contributed by atoms with Gasteiger partial charge in [0.05, 0.1) is 6.54 Å². The molecule has 144 valence electrons. The van der Waals surface area contributed by atoms with Gasteiger partial charge in [0.25, 0.3) is 5.91 Å². The average Bonchev–Trinajstić information content (AvgIpc) is 2.69. The van der Waals surface area contributed by atoms with Gasteiger partial charge in [-0.25, -0.2) is 4.79 Å². The molecule has 0 bridgehead atoms. The quantitative estimate of drug-likeness (QED) is 0.686. The zero-order valence-electron chi connectivity index (χ0n) is 15.8. The molecule has 27 heavy (non-hydrogen) atoms. The third-order valence-electron chi connectivity index (χ3n) is 4.01. The van der Waals surface area contributed by atoms with Crippen LogP contribution in [0.25, 0.3) is 0 Å². The van der Waals surface area contributed by atoms with E-state index in [0.717, 1.165) is 5.56 Å². The van der Waals surface area contributed by atoms with Crippen molar-refractivity contribution in [3.63, 3.8) is 0 Å². The van der Waals surface area contributed by atoms with Crippen LogP contribution in [0.3, 0.4) is 0 Å². The Hall–Kier alpha value is -2.70. The van der Waals surface area contributed by atoms with Gasteiger partial charge in [-0.15, -0.1) is 0 Å². The van der Waals surface area contributed by atoms with Crippen molar-refractivity contribution < 1.29 is 23.8 Å². The molecule has 0 radical (unpaired) electrons. The minimum absolute atomic E-state index is 0.169. The maximum absolute atomic E-state index is 12.4. The molecule has 0 saturated carbocycles. The molecular weight excluding hydrogens is 346 g/mol. The number of esters is 1. The van der Waals surface area contributed by atoms with Gasteiger partial charge < -0.3 is 19.5 Å². The number of hydrogen-bond donors (Lipinski definition) is 1. The SMILES string of the molecule is COC(C(=O)NC[C@@H](C)OC(=O)C(OC)c1ccccc1)c1ccccc1. The average molecular weight is 371 g/mol. The van der Waals surface area contributed by atoms with E-state index in [0.29, 0.717) is 5.56 Å². The van der Waals surface area contributed by atoms with Gasteiger partial charge in [-0.05, 0) is 18.1 Å². The van der Waals surface area contributed by atoms with Crippen molar-refractivity contribution in [3.8, 4) is 0 Å². The highest BCUT2D eigenvalue weighted by atomic mass is 16.6. The van der Waals surface area contributed by atoms with E-state index in [1.54, 1.807) is 19.1 Å². The topological polar surface area (TPSA) is 73.9 Å². The number of nitrogens with one attached hydrogen (secondary N) is 1. The Morgan fingerprint density at radius 1 is 0.852 bits per heavy atom. The first-order chi connectivity index (χ1) is 13.1. The first-order valence-electron chi connectivity index (χ1n) is 8.70. The van der Waals surface area contributed by atoms with Gasteiger partial charge in [-0.3, -0.25) is 4.79 Å². The standard InChI is InChI=1S/C21H25NO5/c1-15(27-21(24)19(26-3)17-12-8-5-9-13-17)14-22-20(23)18(25-2)16-10-6-4-7-11-16/h4-13,15,18-19H,14H2,1-3H3,(H,22,23)/t15-,18?,19?/m1/s1. The summed E-state index contributed by atoms with van der Waals surface area (Å²) in [7, 11) is 2.93. The fraction of sp³-hybridized carbons (Fsp3) is 0.333. The lowest BCUT2D eigenvalue weighted by Crippen LogP contribution is -2.37. The Bertz CT molecular complexity index is 720. The fourth-order valence-corrected chi connectivity index (χ4v) is 2.66. The number of amides is 1. The lowest BCUT2D eigenvalue weighted by atomic mass is 10.1. The minimum Gasteiger partial charge on any atom is -0.459 e. The summed E-state index contributed by atoms with van der Waals surface area (Å²) in [6.07, 6.45) is -2.04. The number of benzene rings is 2. The molecule has 0 fully saturated rings. The monoisotopic (exact) mass is 371 g/mol. The second-order valence-corrected chi connectivity index (χ2v) is 6.05. The van der Waals surface area contributed by atoms with Crippen LogP contribution in [0.15, 0.2) is 60.7 Å². The molecule has 0 aliphatic rings. The number of rotatable bonds is 9. The summed E-state index contributed by atoms with van der Waals surface area (Å²) in [5.74, 6) is -0.797. The van der Waals surface area contributed by atoms with E-state index < -0.39 is 24.3 Å². The Morgan fingerprint density at radius 2 is 1.33 bits per heavy atom. The van der Waals surface area contributed by atoms with Crippen molar-refractivity contribution in [1.29, 1.82) is 0 Å². The summed E-state index contributed by atoms with van der Waals surface area (Å²) in [4.78, 5) is 24.7. The molecule has 1 N–H and O–H groups in total. The van der Waals surface area contributed by atoms with E-state index in [1.165, 1.54) is 14.2 Å². The molecule has 0 spiro atoms. The Balaban J connectivity index is 1.88. The molecular formula is C21H25NO5. The summed E-state index contributed by atoms with van der Waals surface area (Å²) in [6.45, 7) is 1.88. The second kappa shape index (κ2) is 10.4. The highest BCUT2D eigenvalue weighted by Crippen LogP contribution is 2.19. The third-order valence-corrected chi connectivity index (χ3v) is 4.01. The largest absolute Gasteiger partial charge is 0.459 e. The van der Waals surface area contributed by atoms with Crippen LogP contribution in [0.2, 0.25) is 0 Å². The molecule has 3 atom stereocenters. The summed E-state index contributed by atoms with van der Waals surface area (Å²) in [5, 5.41) is 2.75. The molecule has 0 heterocycles. The molecule has 0 saturated heterocycles. The van der Waals surface area contributed by atoms with Crippen LogP contribution in [-0.2, 0) is 23.8 Å². The zero-order valence-corrected chi connectivity index (χ0v) is 15.8. The van der Waals surface area contributed by atoms with Crippen molar-refractivity contribution in [2.45, 2.75) is 25.2 Å². The predicted molar refractivity (Wildman–Crippen MR) is 101 cm³/mol. The zero-order chi connectivity index (χ0) is 19.6. The van der Waals surface area contributed by atoms with Crippen molar-refractivity contribution in [2.75, 3.05) is 20.8 Å². The van der Waals surface area contributed by atoms with Crippen molar-refractivity contribution >= 4 is 11.9 Å². The number of carbonyl (C=O) groups is 2. The maximum Gasteiger partial charge on any atom is 0.340 e. The van der Waals surface area contributed by atoms with Crippen LogP contribution in [-0.4, -0.2) is 38.7 Å². The number of ether oxygens (including phenoxy) is 3. The van der Waals surface area contributed by atoms with Gasteiger partial charge in [0, 0.05) is 14.2 Å².